The van der Waals surface area contributed by atoms with Crippen LogP contribution in [0.4, 0.5) is 5.69 Å². The van der Waals surface area contributed by atoms with E-state index in [1.54, 1.807) is 7.11 Å². The van der Waals surface area contributed by atoms with Crippen LogP contribution in [0.2, 0.25) is 0 Å². The van der Waals surface area contributed by atoms with Crippen molar-refractivity contribution in [3.63, 3.8) is 0 Å². The number of pyridine rings is 1. The van der Waals surface area contributed by atoms with Crippen LogP contribution >= 0.6 is 11.3 Å². The summed E-state index contributed by atoms with van der Waals surface area (Å²) in [6.45, 7) is 5.82. The summed E-state index contributed by atoms with van der Waals surface area (Å²) >= 11 is 1.32. The molecule has 0 atom stereocenters. The molecular formula is C19H21N3O2S. The van der Waals surface area contributed by atoms with Crippen molar-refractivity contribution in [3.8, 4) is 17.0 Å². The van der Waals surface area contributed by atoms with Gasteiger partial charge in [0.25, 0.3) is 5.91 Å². The fraction of sp³-hybridized carbons (Fsp3) is 0.263. The zero-order valence-electron chi connectivity index (χ0n) is 14.7. The molecule has 3 N–H and O–H groups in total. The topological polar surface area (TPSA) is 77.2 Å². The number of nitrogens with one attached hydrogen (secondary N) is 1. The number of hydrogen-bond donors (Lipinski definition) is 2. The second-order valence-corrected chi connectivity index (χ2v) is 7.83. The van der Waals surface area contributed by atoms with Crippen LogP contribution in [-0.4, -0.2) is 23.5 Å². The number of methoxy groups -OCH3 is 1. The lowest BCUT2D eigenvalue weighted by Crippen LogP contribution is -2.40. The van der Waals surface area contributed by atoms with Gasteiger partial charge in [0.15, 0.2) is 0 Å². The van der Waals surface area contributed by atoms with Gasteiger partial charge in [-0.25, -0.2) is 4.98 Å². The summed E-state index contributed by atoms with van der Waals surface area (Å²) in [5.41, 5.74) is 8.16. The molecule has 0 saturated heterocycles. The normalized spacial score (nSPS) is 11.5. The number of rotatable bonds is 3. The van der Waals surface area contributed by atoms with Crippen LogP contribution in [0, 0.1) is 0 Å². The van der Waals surface area contributed by atoms with E-state index in [0.717, 1.165) is 27.2 Å². The third-order valence-electron chi connectivity index (χ3n) is 3.67. The van der Waals surface area contributed by atoms with Crippen molar-refractivity contribution in [3.05, 3.63) is 41.3 Å². The van der Waals surface area contributed by atoms with E-state index in [9.17, 15) is 4.79 Å². The van der Waals surface area contributed by atoms with E-state index in [-0.39, 0.29) is 11.4 Å². The van der Waals surface area contributed by atoms with Crippen LogP contribution in [0.1, 0.15) is 30.4 Å². The first-order chi connectivity index (χ1) is 11.8. The van der Waals surface area contributed by atoms with Gasteiger partial charge in [0.1, 0.15) is 15.5 Å². The molecule has 1 aromatic carbocycles. The smallest absolute Gasteiger partial charge is 0.263 e. The van der Waals surface area contributed by atoms with Crippen LogP contribution in [0.5, 0.6) is 5.75 Å². The summed E-state index contributed by atoms with van der Waals surface area (Å²) in [6.07, 6.45) is 0. The van der Waals surface area contributed by atoms with E-state index in [2.05, 4.69) is 10.3 Å². The number of nitrogen functional groups attached to an aromatic ring is 1. The minimum atomic E-state index is -0.318. The number of benzene rings is 1. The van der Waals surface area contributed by atoms with Crippen LogP contribution < -0.4 is 15.8 Å². The zero-order chi connectivity index (χ0) is 18.2. The Labute approximate surface area is 150 Å². The number of anilines is 1. The second-order valence-electron chi connectivity index (χ2n) is 6.83. The molecule has 2 heterocycles. The highest BCUT2D eigenvalue weighted by Crippen LogP contribution is 2.34. The average molecular weight is 355 g/mol. The molecule has 0 saturated carbocycles. The molecule has 0 spiro atoms. The number of nitrogens with two attached hydrogens (primary N) is 1. The summed E-state index contributed by atoms with van der Waals surface area (Å²) in [5.74, 6) is 0.630. The molecule has 0 fully saturated rings. The van der Waals surface area contributed by atoms with Gasteiger partial charge in [0.05, 0.1) is 18.5 Å². The monoisotopic (exact) mass is 355 g/mol. The third-order valence-corrected chi connectivity index (χ3v) is 4.79. The molecule has 25 heavy (non-hydrogen) atoms. The van der Waals surface area contributed by atoms with Crippen molar-refractivity contribution in [2.24, 2.45) is 0 Å². The second kappa shape index (κ2) is 6.37. The summed E-state index contributed by atoms with van der Waals surface area (Å²) in [6, 6.07) is 11.5. The molecule has 0 aliphatic heterocycles. The van der Waals surface area contributed by atoms with Gasteiger partial charge in [-0.2, -0.15) is 0 Å². The van der Waals surface area contributed by atoms with Gasteiger partial charge >= 0.3 is 0 Å². The predicted molar refractivity (Wildman–Crippen MR) is 103 cm³/mol. The lowest BCUT2D eigenvalue weighted by Gasteiger charge is -2.19. The van der Waals surface area contributed by atoms with E-state index in [0.29, 0.717) is 10.6 Å². The molecule has 0 aliphatic rings. The number of carbonyl (C=O) groups excluding carboxylic acids is 1. The Morgan fingerprint density at radius 2 is 1.84 bits per heavy atom. The minimum absolute atomic E-state index is 0.168. The molecule has 0 aliphatic carbocycles. The van der Waals surface area contributed by atoms with Gasteiger partial charge in [-0.05, 0) is 57.2 Å². The Hall–Kier alpha value is -2.60. The third kappa shape index (κ3) is 3.58. The Kier molecular flexibility index (Phi) is 4.39. The first-order valence-corrected chi connectivity index (χ1v) is 8.76. The first-order valence-electron chi connectivity index (χ1n) is 7.94. The molecule has 3 rings (SSSR count). The van der Waals surface area contributed by atoms with Crippen molar-refractivity contribution < 1.29 is 9.53 Å². The van der Waals surface area contributed by atoms with E-state index in [1.165, 1.54) is 11.3 Å². The van der Waals surface area contributed by atoms with Crippen molar-refractivity contribution >= 4 is 33.1 Å². The van der Waals surface area contributed by atoms with Gasteiger partial charge in [-0.15, -0.1) is 11.3 Å². The van der Waals surface area contributed by atoms with Crippen molar-refractivity contribution in [1.29, 1.82) is 0 Å². The Morgan fingerprint density at radius 3 is 2.44 bits per heavy atom. The molecule has 0 unspecified atom stereocenters. The van der Waals surface area contributed by atoms with Crippen LogP contribution in [0.25, 0.3) is 21.5 Å². The molecule has 6 heteroatoms. The molecule has 2 aromatic heterocycles. The molecule has 3 aromatic rings. The molecule has 0 radical (unpaired) electrons. The Balaban J connectivity index is 1.99. The molecular weight excluding hydrogens is 334 g/mol. The van der Waals surface area contributed by atoms with E-state index < -0.39 is 0 Å². The van der Waals surface area contributed by atoms with Gasteiger partial charge in [0, 0.05) is 16.5 Å². The summed E-state index contributed by atoms with van der Waals surface area (Å²) < 4.78 is 5.18. The Bertz CT molecular complexity index is 924. The number of nitrogens with zero attached hydrogens (tertiary/aromatic N) is 1. The number of thiophene rings is 1. The minimum Gasteiger partial charge on any atom is -0.497 e. The highest BCUT2D eigenvalue weighted by Gasteiger charge is 2.21. The highest BCUT2D eigenvalue weighted by molar-refractivity contribution is 7.21. The van der Waals surface area contributed by atoms with Gasteiger partial charge in [0.2, 0.25) is 0 Å². The van der Waals surface area contributed by atoms with Crippen molar-refractivity contribution in [2.45, 2.75) is 26.3 Å². The maximum Gasteiger partial charge on any atom is 0.263 e. The number of ether oxygens (including phenoxy) is 1. The number of fused-ring (bicyclic) bond motifs is 1. The van der Waals surface area contributed by atoms with E-state index in [1.807, 2.05) is 57.2 Å². The quantitative estimate of drug-likeness (QED) is 0.742. The lowest BCUT2D eigenvalue weighted by molar-refractivity contribution is 0.0924. The van der Waals surface area contributed by atoms with Gasteiger partial charge in [-0.1, -0.05) is 0 Å². The SMILES string of the molecule is COc1ccc(-c2ccc3c(N)c(C(=O)NC(C)(C)C)sc3n2)cc1. The summed E-state index contributed by atoms with van der Waals surface area (Å²) in [7, 11) is 1.64. The van der Waals surface area contributed by atoms with Gasteiger partial charge in [-0.3, -0.25) is 4.79 Å². The maximum absolute atomic E-state index is 12.5. The molecule has 5 nitrogen and oxygen atoms in total. The number of carbonyl (C=O) groups is 1. The van der Waals surface area contributed by atoms with Crippen molar-refractivity contribution in [2.75, 3.05) is 12.8 Å². The van der Waals surface area contributed by atoms with Gasteiger partial charge < -0.3 is 15.8 Å². The largest absolute Gasteiger partial charge is 0.497 e. The zero-order valence-corrected chi connectivity index (χ0v) is 15.5. The van der Waals surface area contributed by atoms with E-state index in [4.69, 9.17) is 10.5 Å². The summed E-state index contributed by atoms with van der Waals surface area (Å²) in [5, 5.41) is 3.75. The highest BCUT2D eigenvalue weighted by atomic mass is 32.1. The van der Waals surface area contributed by atoms with Crippen LogP contribution in [0.15, 0.2) is 36.4 Å². The van der Waals surface area contributed by atoms with E-state index >= 15 is 0 Å². The van der Waals surface area contributed by atoms with Crippen LogP contribution in [0.3, 0.4) is 0 Å². The molecule has 1 amide bonds. The maximum atomic E-state index is 12.5. The van der Waals surface area contributed by atoms with Crippen molar-refractivity contribution in [1.82, 2.24) is 10.3 Å². The number of amides is 1. The summed E-state index contributed by atoms with van der Waals surface area (Å²) in [4.78, 5) is 18.4. The Morgan fingerprint density at radius 1 is 1.16 bits per heavy atom. The average Bonchev–Trinajstić information content (AvgIpc) is 2.90. The molecule has 130 valence electrons. The lowest BCUT2D eigenvalue weighted by atomic mass is 10.1. The first kappa shape index (κ1) is 17.2. The molecule has 0 bridgehead atoms. The van der Waals surface area contributed by atoms with Crippen LogP contribution in [-0.2, 0) is 0 Å². The fourth-order valence-electron chi connectivity index (χ4n) is 2.49. The number of aromatic nitrogens is 1. The number of hydrogen-bond acceptors (Lipinski definition) is 5. The fourth-order valence-corrected chi connectivity index (χ4v) is 3.47. The predicted octanol–water partition coefficient (Wildman–Crippen LogP) is 4.08. The standard InChI is InChI=1S/C19H21N3O2S/c1-19(2,3)22-17(23)16-15(20)13-9-10-14(21-18(13)25-16)11-5-7-12(24-4)8-6-11/h5-10H,20H2,1-4H3,(H,22,23).